The minimum atomic E-state index is -0.933. The average Bonchev–Trinajstić information content (AvgIpc) is 3.27. The molecule has 7 heteroatoms. The first kappa shape index (κ1) is 27.3. The third-order valence-electron chi connectivity index (χ3n) is 6.09. The summed E-state index contributed by atoms with van der Waals surface area (Å²) in [5.74, 6) is -0.190. The van der Waals surface area contributed by atoms with Gasteiger partial charge in [0, 0.05) is 18.0 Å². The number of aliphatic carboxylic acids is 2. The van der Waals surface area contributed by atoms with Gasteiger partial charge in [-0.1, -0.05) is 60.7 Å². The molecule has 0 aliphatic carbocycles. The maximum atomic E-state index is 11.5. The molecule has 0 saturated carbocycles. The Kier molecular flexibility index (Phi) is 9.56. The first-order valence-electron chi connectivity index (χ1n) is 12.8. The van der Waals surface area contributed by atoms with E-state index in [2.05, 4.69) is 0 Å². The van der Waals surface area contributed by atoms with Crippen molar-refractivity contribution in [3.05, 3.63) is 108 Å². The lowest BCUT2D eigenvalue weighted by Crippen LogP contribution is -2.07. The van der Waals surface area contributed by atoms with Crippen molar-refractivity contribution in [3.8, 4) is 11.5 Å². The molecule has 39 heavy (non-hydrogen) atoms. The second-order valence-electron chi connectivity index (χ2n) is 8.98. The van der Waals surface area contributed by atoms with Crippen molar-refractivity contribution in [1.29, 1.82) is 0 Å². The van der Waals surface area contributed by atoms with Crippen LogP contribution in [0.3, 0.4) is 0 Å². The maximum Gasteiger partial charge on any atom is 0.323 e. The summed E-state index contributed by atoms with van der Waals surface area (Å²) >= 11 is 0. The number of rotatable bonds is 14. The highest BCUT2D eigenvalue weighted by molar-refractivity contribution is 5.94. The molecule has 0 amide bonds. The molecule has 0 radical (unpaired) electrons. The van der Waals surface area contributed by atoms with Crippen molar-refractivity contribution in [2.45, 2.75) is 25.8 Å². The Morgan fingerprint density at radius 1 is 0.769 bits per heavy atom. The third kappa shape index (κ3) is 8.10. The van der Waals surface area contributed by atoms with Crippen molar-refractivity contribution in [3.63, 3.8) is 0 Å². The van der Waals surface area contributed by atoms with Gasteiger partial charge in [0.2, 0.25) is 0 Å². The van der Waals surface area contributed by atoms with E-state index < -0.39 is 11.9 Å². The highest BCUT2D eigenvalue weighted by Gasteiger charge is 2.13. The van der Waals surface area contributed by atoms with Gasteiger partial charge in [0.15, 0.2) is 0 Å². The molecule has 0 atom stereocenters. The smallest absolute Gasteiger partial charge is 0.323 e. The zero-order valence-corrected chi connectivity index (χ0v) is 21.5. The molecule has 0 aliphatic rings. The van der Waals surface area contributed by atoms with Gasteiger partial charge >= 0.3 is 11.9 Å². The van der Waals surface area contributed by atoms with E-state index in [1.807, 2.05) is 103 Å². The van der Waals surface area contributed by atoms with Crippen LogP contribution in [0, 0.1) is 0 Å². The average molecular weight is 526 g/mol. The molecular weight excluding hydrogens is 494 g/mol. The molecule has 0 aliphatic heterocycles. The third-order valence-corrected chi connectivity index (χ3v) is 6.09. The summed E-state index contributed by atoms with van der Waals surface area (Å²) in [4.78, 5) is 22.4. The molecule has 7 nitrogen and oxygen atoms in total. The van der Waals surface area contributed by atoms with Crippen LogP contribution in [0.25, 0.3) is 23.1 Å². The van der Waals surface area contributed by atoms with E-state index in [0.717, 1.165) is 39.1 Å². The Morgan fingerprint density at radius 2 is 1.46 bits per heavy atom. The Hall–Kier alpha value is -4.78. The number of aryl methyl sites for hydroxylation is 1. The summed E-state index contributed by atoms with van der Waals surface area (Å²) in [5.41, 5.74) is 3.64. The van der Waals surface area contributed by atoms with Crippen molar-refractivity contribution in [2.75, 3.05) is 13.2 Å². The fourth-order valence-corrected chi connectivity index (χ4v) is 4.30. The van der Waals surface area contributed by atoms with E-state index in [1.54, 1.807) is 4.57 Å². The van der Waals surface area contributed by atoms with Crippen LogP contribution in [-0.4, -0.2) is 39.9 Å². The van der Waals surface area contributed by atoms with E-state index in [9.17, 15) is 14.7 Å². The van der Waals surface area contributed by atoms with E-state index in [-0.39, 0.29) is 13.0 Å². The number of para-hydroxylation sites is 2. The standard InChI is InChI=1S/C32H31NO6/c34-30(35)13-7-9-26-22-33(23-31(36)37)32-25(8-6-12-29(26)32)17-14-24-15-18-28(19-16-24)39-21-5-4-20-38-27-10-2-1-3-11-27/h1-6,8,10-12,14-19,22H,7,9,13,20-21,23H2,(H,34,35)(H,36,37)/b5-4+,17-14?. The first-order valence-corrected chi connectivity index (χ1v) is 12.8. The molecule has 4 aromatic rings. The summed E-state index contributed by atoms with van der Waals surface area (Å²) in [5, 5.41) is 19.3. The van der Waals surface area contributed by atoms with E-state index in [0.29, 0.717) is 26.1 Å². The molecule has 3 aromatic carbocycles. The van der Waals surface area contributed by atoms with Gasteiger partial charge in [0.25, 0.3) is 0 Å². The fourth-order valence-electron chi connectivity index (χ4n) is 4.30. The Balaban J connectivity index is 1.39. The van der Waals surface area contributed by atoms with Crippen molar-refractivity contribution < 1.29 is 29.3 Å². The van der Waals surface area contributed by atoms with Crippen molar-refractivity contribution in [2.24, 2.45) is 0 Å². The van der Waals surface area contributed by atoms with Crippen LogP contribution >= 0.6 is 0 Å². The van der Waals surface area contributed by atoms with Crippen LogP contribution in [0.4, 0.5) is 0 Å². The summed E-state index contributed by atoms with van der Waals surface area (Å²) in [6.45, 7) is 0.743. The Bertz CT molecular complexity index is 1450. The van der Waals surface area contributed by atoms with Crippen LogP contribution in [0.2, 0.25) is 0 Å². The van der Waals surface area contributed by atoms with E-state index >= 15 is 0 Å². The highest BCUT2D eigenvalue weighted by atomic mass is 16.5. The van der Waals surface area contributed by atoms with Gasteiger partial charge in [0.1, 0.15) is 31.3 Å². The zero-order chi connectivity index (χ0) is 27.5. The van der Waals surface area contributed by atoms with Crippen LogP contribution < -0.4 is 9.47 Å². The van der Waals surface area contributed by atoms with Gasteiger partial charge in [0.05, 0.1) is 5.52 Å². The zero-order valence-electron chi connectivity index (χ0n) is 21.5. The second kappa shape index (κ2) is 13.7. The molecular formula is C32H31NO6. The normalized spacial score (nSPS) is 11.4. The second-order valence-corrected chi connectivity index (χ2v) is 8.98. The number of aromatic nitrogens is 1. The van der Waals surface area contributed by atoms with Crippen LogP contribution in [0.15, 0.2) is 91.1 Å². The number of hydrogen-bond acceptors (Lipinski definition) is 4. The monoisotopic (exact) mass is 525 g/mol. The predicted octanol–water partition coefficient (Wildman–Crippen LogP) is 6.32. The molecule has 0 saturated heterocycles. The molecule has 0 unspecified atom stereocenters. The molecule has 200 valence electrons. The Labute approximate surface area is 227 Å². The molecule has 4 rings (SSSR count). The summed E-state index contributed by atoms with van der Waals surface area (Å²) in [7, 11) is 0. The summed E-state index contributed by atoms with van der Waals surface area (Å²) in [6.07, 6.45) is 10.7. The number of carboxylic acids is 2. The van der Waals surface area contributed by atoms with Crippen LogP contribution in [-0.2, 0) is 22.6 Å². The van der Waals surface area contributed by atoms with Crippen molar-refractivity contribution in [1.82, 2.24) is 4.57 Å². The number of nitrogens with zero attached hydrogens (tertiary/aromatic N) is 1. The van der Waals surface area contributed by atoms with E-state index in [1.165, 1.54) is 0 Å². The van der Waals surface area contributed by atoms with Gasteiger partial charge in [-0.2, -0.15) is 0 Å². The van der Waals surface area contributed by atoms with Gasteiger partial charge in [-0.05, 0) is 65.9 Å². The molecule has 0 spiro atoms. The number of carbonyl (C=O) groups is 2. The van der Waals surface area contributed by atoms with Crippen LogP contribution in [0.1, 0.15) is 29.5 Å². The fraction of sp³-hybridized carbons (Fsp3) is 0.188. The van der Waals surface area contributed by atoms with Gasteiger partial charge in [-0.3, -0.25) is 9.59 Å². The SMILES string of the molecule is O=C(O)CCCc1cn(CC(=O)O)c2c(C=Cc3ccc(OC/C=C/COc4ccccc4)cc3)cccc12. The Morgan fingerprint density at radius 3 is 2.13 bits per heavy atom. The van der Waals surface area contributed by atoms with Gasteiger partial charge in [-0.15, -0.1) is 0 Å². The number of ether oxygens (including phenoxy) is 2. The highest BCUT2D eigenvalue weighted by Crippen LogP contribution is 2.28. The minimum absolute atomic E-state index is 0.0733. The first-order chi connectivity index (χ1) is 19.0. The lowest BCUT2D eigenvalue weighted by Gasteiger charge is -2.06. The largest absolute Gasteiger partial charge is 0.490 e. The number of benzene rings is 3. The van der Waals surface area contributed by atoms with E-state index in [4.69, 9.17) is 14.6 Å². The molecule has 0 fully saturated rings. The predicted molar refractivity (Wildman–Crippen MR) is 152 cm³/mol. The lowest BCUT2D eigenvalue weighted by molar-refractivity contribution is -0.138. The van der Waals surface area contributed by atoms with Gasteiger partial charge in [-0.25, -0.2) is 0 Å². The van der Waals surface area contributed by atoms with Gasteiger partial charge < -0.3 is 24.3 Å². The number of fused-ring (bicyclic) bond motifs is 1. The minimum Gasteiger partial charge on any atom is -0.490 e. The van der Waals surface area contributed by atoms with Crippen LogP contribution in [0.5, 0.6) is 11.5 Å². The number of carboxylic acid groups (broad SMARTS) is 2. The maximum absolute atomic E-state index is 11.5. The molecule has 1 heterocycles. The van der Waals surface area contributed by atoms with Crippen molar-refractivity contribution >= 4 is 35.0 Å². The quantitative estimate of drug-likeness (QED) is 0.148. The molecule has 1 aromatic heterocycles. The topological polar surface area (TPSA) is 98.0 Å². The molecule has 2 N–H and O–H groups in total. The molecule has 0 bridgehead atoms. The summed E-state index contributed by atoms with van der Waals surface area (Å²) in [6, 6.07) is 23.2. The number of hydrogen-bond donors (Lipinski definition) is 2. The summed E-state index contributed by atoms with van der Waals surface area (Å²) < 4.78 is 13.1. The lowest BCUT2D eigenvalue weighted by atomic mass is 10.0.